The molecule has 100 valence electrons. The molecule has 1 fully saturated rings. The first-order chi connectivity index (χ1) is 8.63. The molecule has 2 rings (SSSR count). The van der Waals surface area contributed by atoms with E-state index in [2.05, 4.69) is 11.9 Å². The fourth-order valence-electron chi connectivity index (χ4n) is 2.90. The number of benzene rings is 1. The minimum absolute atomic E-state index is 0.281. The molecule has 0 aromatic heterocycles. The van der Waals surface area contributed by atoms with Crippen molar-refractivity contribution in [2.45, 2.75) is 25.3 Å². The lowest BCUT2D eigenvalue weighted by Gasteiger charge is -2.32. The zero-order chi connectivity index (χ0) is 13.1. The fraction of sp³-hybridized carbons (Fsp3) is 0.571. The zero-order valence-corrected chi connectivity index (χ0v) is 12.2. The summed E-state index contributed by atoms with van der Waals surface area (Å²) in [5.74, 6) is 0.452. The van der Waals surface area contributed by atoms with E-state index in [0.717, 1.165) is 28.6 Å². The van der Waals surface area contributed by atoms with Crippen molar-refractivity contribution in [3.8, 4) is 0 Å². The molecule has 0 radical (unpaired) electrons. The molecule has 0 saturated carbocycles. The van der Waals surface area contributed by atoms with Crippen LogP contribution in [0.5, 0.6) is 0 Å². The molecular weight excluding hydrogens is 267 g/mol. The molecule has 1 aliphatic heterocycles. The largest absolute Gasteiger partial charge is 0.330 e. The van der Waals surface area contributed by atoms with Crippen LogP contribution < -0.4 is 5.73 Å². The summed E-state index contributed by atoms with van der Waals surface area (Å²) in [6, 6.07) is 5.98. The maximum Gasteiger partial charge on any atom is 0.0455 e. The predicted octanol–water partition coefficient (Wildman–Crippen LogP) is 3.73. The fourth-order valence-corrected chi connectivity index (χ4v) is 3.31. The Balaban J connectivity index is 2.39. The Kier molecular flexibility index (Phi) is 4.91. The summed E-state index contributed by atoms with van der Waals surface area (Å²) < 4.78 is 0. The normalized spacial score (nSPS) is 26.0. The number of hydrogen-bond donors (Lipinski definition) is 1. The first kappa shape index (κ1) is 14.1. The van der Waals surface area contributed by atoms with Crippen molar-refractivity contribution in [1.29, 1.82) is 0 Å². The van der Waals surface area contributed by atoms with Gasteiger partial charge in [0.2, 0.25) is 0 Å². The van der Waals surface area contributed by atoms with Crippen LogP contribution in [0, 0.1) is 5.92 Å². The quantitative estimate of drug-likeness (QED) is 0.898. The smallest absolute Gasteiger partial charge is 0.0455 e. The molecule has 2 unspecified atom stereocenters. The maximum atomic E-state index is 6.34. The standard InChI is InChI=1S/C14H20Cl2N2/c1-18-7-3-2-4-10(9-17)14(18)12-8-11(15)5-6-13(12)16/h5-6,8,10,14H,2-4,7,9,17H2,1H3. The van der Waals surface area contributed by atoms with Crippen LogP contribution in [0.1, 0.15) is 30.9 Å². The maximum absolute atomic E-state index is 6.34. The average Bonchev–Trinajstić information content (AvgIpc) is 2.54. The topological polar surface area (TPSA) is 29.3 Å². The molecule has 2 atom stereocenters. The van der Waals surface area contributed by atoms with Crippen molar-refractivity contribution >= 4 is 23.2 Å². The molecule has 4 heteroatoms. The van der Waals surface area contributed by atoms with Gasteiger partial charge in [-0.25, -0.2) is 0 Å². The number of nitrogens with zero attached hydrogens (tertiary/aromatic N) is 1. The highest BCUT2D eigenvalue weighted by Crippen LogP contribution is 2.38. The van der Waals surface area contributed by atoms with Crippen molar-refractivity contribution < 1.29 is 0 Å². The molecule has 1 saturated heterocycles. The summed E-state index contributed by atoms with van der Waals surface area (Å²) >= 11 is 12.5. The van der Waals surface area contributed by atoms with Gasteiger partial charge in [0.25, 0.3) is 0 Å². The Hall–Kier alpha value is -0.280. The van der Waals surface area contributed by atoms with E-state index in [4.69, 9.17) is 28.9 Å². The number of halogens is 2. The average molecular weight is 287 g/mol. The predicted molar refractivity (Wildman–Crippen MR) is 78.2 cm³/mol. The van der Waals surface area contributed by atoms with Gasteiger partial charge in [0.1, 0.15) is 0 Å². The van der Waals surface area contributed by atoms with E-state index < -0.39 is 0 Å². The van der Waals surface area contributed by atoms with E-state index in [1.807, 2.05) is 18.2 Å². The molecule has 1 aromatic rings. The highest BCUT2D eigenvalue weighted by Gasteiger charge is 2.29. The molecule has 1 aromatic carbocycles. The molecule has 2 N–H and O–H groups in total. The lowest BCUT2D eigenvalue weighted by molar-refractivity contribution is 0.196. The number of rotatable bonds is 2. The molecule has 0 aliphatic carbocycles. The Bertz CT molecular complexity index is 409. The number of hydrogen-bond acceptors (Lipinski definition) is 2. The molecule has 2 nitrogen and oxygen atoms in total. The zero-order valence-electron chi connectivity index (χ0n) is 10.7. The minimum atomic E-state index is 0.281. The van der Waals surface area contributed by atoms with Crippen molar-refractivity contribution in [1.82, 2.24) is 4.90 Å². The number of likely N-dealkylation sites (tertiary alicyclic amines) is 1. The second-order valence-corrected chi connectivity index (χ2v) is 5.93. The van der Waals surface area contributed by atoms with Gasteiger partial charge in [0.05, 0.1) is 0 Å². The summed E-state index contributed by atoms with van der Waals surface area (Å²) in [5, 5.41) is 1.53. The van der Waals surface area contributed by atoms with Gasteiger partial charge in [-0.05, 0) is 62.7 Å². The van der Waals surface area contributed by atoms with Gasteiger partial charge in [-0.1, -0.05) is 29.6 Å². The van der Waals surface area contributed by atoms with E-state index in [0.29, 0.717) is 12.5 Å². The summed E-state index contributed by atoms with van der Waals surface area (Å²) in [7, 11) is 2.15. The first-order valence-electron chi connectivity index (χ1n) is 6.48. The van der Waals surface area contributed by atoms with Gasteiger partial charge in [-0.2, -0.15) is 0 Å². The van der Waals surface area contributed by atoms with Crippen LogP contribution in [-0.2, 0) is 0 Å². The van der Waals surface area contributed by atoms with Gasteiger partial charge in [-0.3, -0.25) is 4.90 Å². The third kappa shape index (κ3) is 3.00. The summed E-state index contributed by atoms with van der Waals surface area (Å²) in [4.78, 5) is 2.36. The van der Waals surface area contributed by atoms with Crippen LogP contribution in [0.2, 0.25) is 10.0 Å². The number of nitrogens with two attached hydrogens (primary N) is 1. The van der Waals surface area contributed by atoms with Crippen molar-refractivity contribution in [2.24, 2.45) is 11.7 Å². The van der Waals surface area contributed by atoms with Gasteiger partial charge >= 0.3 is 0 Å². The lowest BCUT2D eigenvalue weighted by Crippen LogP contribution is -2.33. The van der Waals surface area contributed by atoms with E-state index in [9.17, 15) is 0 Å². The Labute approximate surface area is 119 Å². The van der Waals surface area contributed by atoms with Crippen LogP contribution in [0.15, 0.2) is 18.2 Å². The van der Waals surface area contributed by atoms with Crippen LogP contribution in [0.25, 0.3) is 0 Å². The molecule has 1 aliphatic rings. The monoisotopic (exact) mass is 286 g/mol. The molecule has 0 amide bonds. The first-order valence-corrected chi connectivity index (χ1v) is 7.24. The second kappa shape index (κ2) is 6.25. The third-order valence-corrected chi connectivity index (χ3v) is 4.42. The highest BCUT2D eigenvalue weighted by molar-refractivity contribution is 6.33. The lowest BCUT2D eigenvalue weighted by atomic mass is 9.89. The Morgan fingerprint density at radius 3 is 2.83 bits per heavy atom. The van der Waals surface area contributed by atoms with Gasteiger partial charge in [-0.15, -0.1) is 0 Å². The highest BCUT2D eigenvalue weighted by atomic mass is 35.5. The van der Waals surface area contributed by atoms with Crippen LogP contribution in [0.3, 0.4) is 0 Å². The summed E-state index contributed by atoms with van der Waals surface area (Å²) in [6.07, 6.45) is 3.62. The molecular formula is C14H20Cl2N2. The van der Waals surface area contributed by atoms with Crippen molar-refractivity contribution in [2.75, 3.05) is 20.1 Å². The van der Waals surface area contributed by atoms with E-state index in [1.54, 1.807) is 0 Å². The Morgan fingerprint density at radius 2 is 2.11 bits per heavy atom. The van der Waals surface area contributed by atoms with Gasteiger partial charge in [0, 0.05) is 16.1 Å². The summed E-state index contributed by atoms with van der Waals surface area (Å²) in [5.41, 5.74) is 7.06. The third-order valence-electron chi connectivity index (χ3n) is 3.84. The van der Waals surface area contributed by atoms with Gasteiger partial charge < -0.3 is 5.73 Å². The van der Waals surface area contributed by atoms with Crippen molar-refractivity contribution in [3.63, 3.8) is 0 Å². The van der Waals surface area contributed by atoms with Crippen LogP contribution in [0.4, 0.5) is 0 Å². The Morgan fingerprint density at radius 1 is 1.33 bits per heavy atom. The minimum Gasteiger partial charge on any atom is -0.330 e. The van der Waals surface area contributed by atoms with Crippen molar-refractivity contribution in [3.05, 3.63) is 33.8 Å². The van der Waals surface area contributed by atoms with Crippen LogP contribution in [-0.4, -0.2) is 25.0 Å². The molecule has 1 heterocycles. The van der Waals surface area contributed by atoms with Gasteiger partial charge in [0.15, 0.2) is 0 Å². The van der Waals surface area contributed by atoms with E-state index >= 15 is 0 Å². The SMILES string of the molecule is CN1CCCCC(CN)C1c1cc(Cl)ccc1Cl. The summed E-state index contributed by atoms with van der Waals surface area (Å²) in [6.45, 7) is 1.78. The van der Waals surface area contributed by atoms with E-state index in [1.165, 1.54) is 12.8 Å². The van der Waals surface area contributed by atoms with E-state index in [-0.39, 0.29) is 6.04 Å². The molecule has 0 spiro atoms. The molecule has 18 heavy (non-hydrogen) atoms. The van der Waals surface area contributed by atoms with Crippen LogP contribution >= 0.6 is 23.2 Å². The molecule has 0 bridgehead atoms. The second-order valence-electron chi connectivity index (χ2n) is 5.08.